The van der Waals surface area contributed by atoms with Crippen LogP contribution < -0.4 is 9.47 Å². The van der Waals surface area contributed by atoms with E-state index < -0.39 is 23.9 Å². The third kappa shape index (κ3) is 5.62. The SMILES string of the molecule is CC1(c2ccc(Cl)cc2F)Oc2cccc(C3CCN(Cc4nc5cc(-c6noc(C(F)F)n6)ccc5n4CC4CCO4)CC3)c2O1. The van der Waals surface area contributed by atoms with E-state index in [-0.39, 0.29) is 23.4 Å². The summed E-state index contributed by atoms with van der Waals surface area (Å²) >= 11 is 5.98. The molecule has 47 heavy (non-hydrogen) atoms. The second-order valence-electron chi connectivity index (χ2n) is 12.4. The Morgan fingerprint density at radius 3 is 2.57 bits per heavy atom. The number of alkyl halides is 2. The fourth-order valence-electron chi connectivity index (χ4n) is 6.76. The molecule has 244 valence electrons. The number of aromatic nitrogens is 4. The summed E-state index contributed by atoms with van der Waals surface area (Å²) in [6.07, 6.45) is 0.0639. The maximum absolute atomic E-state index is 14.9. The summed E-state index contributed by atoms with van der Waals surface area (Å²) < 4.78 is 66.1. The third-order valence-corrected chi connectivity index (χ3v) is 9.55. The lowest BCUT2D eigenvalue weighted by molar-refractivity contribution is -0.0712. The van der Waals surface area contributed by atoms with Crippen molar-refractivity contribution in [1.82, 2.24) is 24.6 Å². The van der Waals surface area contributed by atoms with E-state index in [9.17, 15) is 13.2 Å². The van der Waals surface area contributed by atoms with Gasteiger partial charge in [-0.3, -0.25) is 4.90 Å². The molecule has 0 amide bonds. The van der Waals surface area contributed by atoms with Crippen molar-refractivity contribution in [2.24, 2.45) is 0 Å². The van der Waals surface area contributed by atoms with Gasteiger partial charge in [-0.25, -0.2) is 9.37 Å². The molecule has 0 spiro atoms. The summed E-state index contributed by atoms with van der Waals surface area (Å²) in [5.41, 5.74) is 3.56. The van der Waals surface area contributed by atoms with E-state index in [1.54, 1.807) is 25.1 Å². The number of para-hydroxylation sites is 1. The number of piperidine rings is 1. The molecule has 9 nitrogen and oxygen atoms in total. The molecule has 3 aromatic carbocycles. The van der Waals surface area contributed by atoms with Crippen molar-refractivity contribution in [2.45, 2.75) is 63.5 Å². The highest BCUT2D eigenvalue weighted by Crippen LogP contribution is 2.50. The smallest absolute Gasteiger partial charge is 0.315 e. The van der Waals surface area contributed by atoms with Gasteiger partial charge >= 0.3 is 6.43 Å². The highest BCUT2D eigenvalue weighted by atomic mass is 35.5. The lowest BCUT2D eigenvalue weighted by Crippen LogP contribution is -2.35. The molecule has 3 aliphatic rings. The van der Waals surface area contributed by atoms with Crippen LogP contribution in [0, 0.1) is 5.82 Å². The van der Waals surface area contributed by atoms with E-state index in [4.69, 9.17) is 35.3 Å². The molecule has 5 heterocycles. The number of hydrogen-bond acceptors (Lipinski definition) is 8. The standard InChI is InChI=1S/C34H31ClF3N5O4/c1-34(24-7-6-21(35)16-25(24)36)45-28-4-2-3-23(30(28)46-34)19-9-12-42(13-10-19)18-29-39-26-15-20(32-40-33(31(37)38)47-41-32)5-8-27(26)43(29)17-22-11-14-44-22/h2-8,15-16,19,22,31H,9-14,17-18H2,1H3. The zero-order valence-corrected chi connectivity index (χ0v) is 26.2. The Kier molecular flexibility index (Phi) is 7.61. The van der Waals surface area contributed by atoms with Crippen molar-refractivity contribution in [3.63, 3.8) is 0 Å². The summed E-state index contributed by atoms with van der Waals surface area (Å²) in [5, 5.41) is 4.03. The second kappa shape index (κ2) is 11.8. The Labute approximate surface area is 273 Å². The Balaban J connectivity index is 0.997. The van der Waals surface area contributed by atoms with Gasteiger partial charge in [0.2, 0.25) is 5.82 Å². The van der Waals surface area contributed by atoms with Crippen LogP contribution in [0.4, 0.5) is 13.2 Å². The normalized spacial score (nSPS) is 21.5. The first-order valence-corrected chi connectivity index (χ1v) is 16.0. The number of rotatable bonds is 8. The molecule has 0 aliphatic carbocycles. The van der Waals surface area contributed by atoms with Gasteiger partial charge in [-0.1, -0.05) is 28.9 Å². The Morgan fingerprint density at radius 1 is 1.02 bits per heavy atom. The highest BCUT2D eigenvalue weighted by molar-refractivity contribution is 6.30. The molecule has 0 saturated carbocycles. The van der Waals surface area contributed by atoms with Crippen LogP contribution in [0.5, 0.6) is 11.5 Å². The zero-order valence-electron chi connectivity index (χ0n) is 25.5. The van der Waals surface area contributed by atoms with E-state index in [0.717, 1.165) is 61.4 Å². The van der Waals surface area contributed by atoms with E-state index in [1.165, 1.54) is 6.07 Å². The summed E-state index contributed by atoms with van der Waals surface area (Å²) in [4.78, 5) is 11.2. The lowest BCUT2D eigenvalue weighted by Gasteiger charge is -2.33. The maximum Gasteiger partial charge on any atom is 0.315 e. The minimum absolute atomic E-state index is 0.100. The molecule has 0 radical (unpaired) electrons. The number of ether oxygens (including phenoxy) is 3. The van der Waals surface area contributed by atoms with Crippen LogP contribution in [0.2, 0.25) is 5.02 Å². The average Bonchev–Trinajstić information content (AvgIpc) is 3.74. The van der Waals surface area contributed by atoms with Crippen LogP contribution in [0.1, 0.15) is 61.4 Å². The van der Waals surface area contributed by atoms with Gasteiger partial charge in [-0.2, -0.15) is 13.8 Å². The van der Waals surface area contributed by atoms with Crippen LogP contribution in [0.25, 0.3) is 22.4 Å². The number of imidazole rings is 1. The van der Waals surface area contributed by atoms with Gasteiger partial charge in [0.05, 0.1) is 35.8 Å². The lowest BCUT2D eigenvalue weighted by atomic mass is 9.88. The van der Waals surface area contributed by atoms with Gasteiger partial charge < -0.3 is 23.3 Å². The van der Waals surface area contributed by atoms with Crippen molar-refractivity contribution in [3.05, 3.63) is 88.3 Å². The minimum atomic E-state index is -2.83. The van der Waals surface area contributed by atoms with Crippen LogP contribution in [-0.4, -0.2) is 50.4 Å². The van der Waals surface area contributed by atoms with Gasteiger partial charge in [0.25, 0.3) is 11.7 Å². The van der Waals surface area contributed by atoms with Crippen molar-refractivity contribution in [1.29, 1.82) is 0 Å². The van der Waals surface area contributed by atoms with E-state index in [0.29, 0.717) is 35.2 Å². The number of likely N-dealkylation sites (tertiary alicyclic amines) is 1. The van der Waals surface area contributed by atoms with Gasteiger partial charge in [0.1, 0.15) is 11.6 Å². The summed E-state index contributed by atoms with van der Waals surface area (Å²) in [6, 6.07) is 15.9. The molecule has 3 aliphatic heterocycles. The molecule has 2 unspecified atom stereocenters. The van der Waals surface area contributed by atoms with Crippen LogP contribution >= 0.6 is 11.6 Å². The molecule has 2 aromatic heterocycles. The van der Waals surface area contributed by atoms with Gasteiger partial charge in [-0.15, -0.1) is 0 Å². The summed E-state index contributed by atoms with van der Waals surface area (Å²) in [6.45, 7) is 5.47. The molecule has 2 fully saturated rings. The van der Waals surface area contributed by atoms with Gasteiger partial charge in [0, 0.05) is 29.7 Å². The highest BCUT2D eigenvalue weighted by Gasteiger charge is 2.43. The topological polar surface area (TPSA) is 87.7 Å². The zero-order chi connectivity index (χ0) is 32.3. The molecule has 8 rings (SSSR count). The molecule has 2 atom stereocenters. The van der Waals surface area contributed by atoms with E-state index in [1.807, 2.05) is 24.3 Å². The third-order valence-electron chi connectivity index (χ3n) is 9.32. The molecule has 5 aromatic rings. The predicted molar refractivity (Wildman–Crippen MR) is 166 cm³/mol. The number of benzene rings is 3. The first kappa shape index (κ1) is 30.2. The van der Waals surface area contributed by atoms with Crippen molar-refractivity contribution >= 4 is 22.6 Å². The number of fused-ring (bicyclic) bond motifs is 2. The van der Waals surface area contributed by atoms with Crippen LogP contribution in [0.3, 0.4) is 0 Å². The number of nitrogens with zero attached hydrogens (tertiary/aromatic N) is 5. The van der Waals surface area contributed by atoms with Gasteiger partial charge in [0.15, 0.2) is 11.5 Å². The van der Waals surface area contributed by atoms with Gasteiger partial charge in [-0.05, 0) is 80.7 Å². The Morgan fingerprint density at radius 2 is 1.85 bits per heavy atom. The monoisotopic (exact) mass is 665 g/mol. The van der Waals surface area contributed by atoms with Crippen LogP contribution in [0.15, 0.2) is 59.1 Å². The summed E-state index contributed by atoms with van der Waals surface area (Å²) in [7, 11) is 0. The average molecular weight is 666 g/mol. The molecular weight excluding hydrogens is 635 g/mol. The van der Waals surface area contributed by atoms with Crippen LogP contribution in [-0.2, 0) is 23.6 Å². The molecule has 2 saturated heterocycles. The molecule has 13 heteroatoms. The van der Waals surface area contributed by atoms with Crippen molar-refractivity contribution < 1.29 is 31.9 Å². The van der Waals surface area contributed by atoms with E-state index in [2.05, 4.69) is 25.7 Å². The minimum Gasteiger partial charge on any atom is -0.444 e. The van der Waals surface area contributed by atoms with E-state index >= 15 is 0 Å². The maximum atomic E-state index is 14.9. The molecule has 0 N–H and O–H groups in total. The first-order valence-electron chi connectivity index (χ1n) is 15.7. The van der Waals surface area contributed by atoms with Crippen molar-refractivity contribution in [3.8, 4) is 22.9 Å². The van der Waals surface area contributed by atoms with Crippen molar-refractivity contribution in [2.75, 3.05) is 19.7 Å². The quantitative estimate of drug-likeness (QED) is 0.167. The Bertz CT molecular complexity index is 1960. The first-order chi connectivity index (χ1) is 22.7. The summed E-state index contributed by atoms with van der Waals surface area (Å²) in [5.74, 6) is 0.00725. The fraction of sp³-hybridized carbons (Fsp3) is 0.382. The fourth-order valence-corrected chi connectivity index (χ4v) is 6.91. The second-order valence-corrected chi connectivity index (χ2v) is 12.8. The number of hydrogen-bond donors (Lipinski definition) is 0. The largest absolute Gasteiger partial charge is 0.444 e. The number of halogens is 4. The Hall–Kier alpha value is -4.13. The predicted octanol–water partition coefficient (Wildman–Crippen LogP) is 7.63. The molecule has 0 bridgehead atoms. The molecular formula is C34H31ClF3N5O4.